The lowest BCUT2D eigenvalue weighted by Crippen LogP contribution is -2.16. The van der Waals surface area contributed by atoms with Crippen molar-refractivity contribution < 1.29 is 14.4 Å². The van der Waals surface area contributed by atoms with Gasteiger partial charge >= 0.3 is 0 Å². The Morgan fingerprint density at radius 2 is 1.38 bits per heavy atom. The molecule has 5 heteroatoms. The van der Waals surface area contributed by atoms with E-state index in [4.69, 9.17) is 0 Å². The Hall–Kier alpha value is -2.95. The van der Waals surface area contributed by atoms with Crippen molar-refractivity contribution in [1.29, 1.82) is 0 Å². The quantitative estimate of drug-likeness (QED) is 0.764. The van der Waals surface area contributed by atoms with Gasteiger partial charge in [-0.25, -0.2) is 0 Å². The van der Waals surface area contributed by atoms with E-state index >= 15 is 0 Å². The van der Waals surface area contributed by atoms with Crippen LogP contribution in [0.2, 0.25) is 0 Å². The monoisotopic (exact) mass is 324 g/mol. The van der Waals surface area contributed by atoms with Crippen LogP contribution in [-0.2, 0) is 4.79 Å². The summed E-state index contributed by atoms with van der Waals surface area (Å²) in [7, 11) is 0. The molecule has 2 aromatic rings. The number of amides is 1. The minimum Gasteiger partial charge on any atom is -0.385 e. The van der Waals surface area contributed by atoms with Crippen LogP contribution in [0.1, 0.15) is 41.0 Å². The molecule has 2 aromatic carbocycles. The van der Waals surface area contributed by atoms with Crippen LogP contribution in [-0.4, -0.2) is 24.0 Å². The molecule has 1 amide bonds. The van der Waals surface area contributed by atoms with Gasteiger partial charge in [-0.2, -0.15) is 0 Å². The Kier molecular flexibility index (Phi) is 5.84. The van der Waals surface area contributed by atoms with Gasteiger partial charge in [0, 0.05) is 35.5 Å². The molecule has 0 atom stereocenters. The maximum atomic E-state index is 12.0. The van der Waals surface area contributed by atoms with Gasteiger partial charge in [0.1, 0.15) is 0 Å². The van der Waals surface area contributed by atoms with Crippen molar-refractivity contribution in [1.82, 2.24) is 0 Å². The molecule has 2 N–H and O–H groups in total. The normalized spacial score (nSPS) is 10.1. The van der Waals surface area contributed by atoms with Crippen LogP contribution < -0.4 is 10.6 Å². The van der Waals surface area contributed by atoms with E-state index < -0.39 is 0 Å². The Labute approximate surface area is 141 Å². The van der Waals surface area contributed by atoms with Crippen molar-refractivity contribution in [3.8, 4) is 0 Å². The Morgan fingerprint density at radius 1 is 0.833 bits per heavy atom. The van der Waals surface area contributed by atoms with Crippen LogP contribution >= 0.6 is 0 Å². The smallest absolute Gasteiger partial charge is 0.226 e. The van der Waals surface area contributed by atoms with Gasteiger partial charge in [0.25, 0.3) is 0 Å². The zero-order chi connectivity index (χ0) is 17.5. The average Bonchev–Trinajstić information content (AvgIpc) is 2.55. The van der Waals surface area contributed by atoms with Gasteiger partial charge in [0.2, 0.25) is 5.91 Å². The first kappa shape index (κ1) is 17.4. The summed E-state index contributed by atoms with van der Waals surface area (Å²) >= 11 is 0. The summed E-state index contributed by atoms with van der Waals surface area (Å²) in [5, 5.41) is 5.89. The van der Waals surface area contributed by atoms with Crippen LogP contribution in [0.4, 0.5) is 11.4 Å². The summed E-state index contributed by atoms with van der Waals surface area (Å²) < 4.78 is 0. The number of hydrogen-bond donors (Lipinski definition) is 2. The molecule has 0 saturated heterocycles. The molecule has 0 aliphatic carbocycles. The minimum absolute atomic E-state index is 0.00162. The second-order valence-corrected chi connectivity index (χ2v) is 5.50. The molecule has 2 rings (SSSR count). The van der Waals surface area contributed by atoms with E-state index in [-0.39, 0.29) is 23.9 Å². The average molecular weight is 324 g/mol. The first-order valence-corrected chi connectivity index (χ1v) is 7.71. The van der Waals surface area contributed by atoms with E-state index in [9.17, 15) is 14.4 Å². The van der Waals surface area contributed by atoms with E-state index in [1.54, 1.807) is 42.5 Å². The molecule has 0 aliphatic heterocycles. The highest BCUT2D eigenvalue weighted by atomic mass is 16.1. The largest absolute Gasteiger partial charge is 0.385 e. The maximum absolute atomic E-state index is 12.0. The van der Waals surface area contributed by atoms with Gasteiger partial charge in [-0.1, -0.05) is 24.3 Å². The molecule has 0 fully saturated rings. The lowest BCUT2D eigenvalue weighted by Gasteiger charge is -2.09. The van der Waals surface area contributed by atoms with Crippen molar-refractivity contribution in [2.75, 3.05) is 17.2 Å². The maximum Gasteiger partial charge on any atom is 0.226 e. The molecular weight excluding hydrogens is 304 g/mol. The summed E-state index contributed by atoms with van der Waals surface area (Å²) in [6.07, 6.45) is 0.272. The minimum atomic E-state index is -0.147. The predicted octanol–water partition coefficient (Wildman–Crippen LogP) is 3.53. The molecule has 0 heterocycles. The zero-order valence-electron chi connectivity index (χ0n) is 13.8. The number of carbonyl (C=O) groups is 3. The first-order chi connectivity index (χ1) is 11.5. The summed E-state index contributed by atoms with van der Waals surface area (Å²) in [5.74, 6) is -0.189. The number of hydrogen-bond acceptors (Lipinski definition) is 4. The number of benzene rings is 2. The lowest BCUT2D eigenvalue weighted by atomic mass is 10.1. The lowest BCUT2D eigenvalue weighted by molar-refractivity contribution is -0.115. The molecule has 0 unspecified atom stereocenters. The fourth-order valence-corrected chi connectivity index (χ4v) is 2.21. The third kappa shape index (κ3) is 5.05. The van der Waals surface area contributed by atoms with Crippen molar-refractivity contribution in [2.24, 2.45) is 0 Å². The van der Waals surface area contributed by atoms with Gasteiger partial charge < -0.3 is 10.6 Å². The Balaban J connectivity index is 1.85. The SMILES string of the molecule is CC(=O)c1cccc(NCCC(=O)Nc2cccc(C(C)=O)c2)c1. The first-order valence-electron chi connectivity index (χ1n) is 7.71. The molecule has 124 valence electrons. The molecule has 0 aliphatic rings. The number of carbonyl (C=O) groups excluding carboxylic acids is 3. The number of nitrogens with one attached hydrogen (secondary N) is 2. The van der Waals surface area contributed by atoms with Crippen LogP contribution in [0.15, 0.2) is 48.5 Å². The van der Waals surface area contributed by atoms with Crippen LogP contribution in [0.3, 0.4) is 0 Å². The summed E-state index contributed by atoms with van der Waals surface area (Å²) in [6.45, 7) is 3.45. The molecule has 24 heavy (non-hydrogen) atoms. The highest BCUT2D eigenvalue weighted by Crippen LogP contribution is 2.13. The van der Waals surface area contributed by atoms with Gasteiger partial charge in [-0.05, 0) is 38.1 Å². The molecule has 0 radical (unpaired) electrons. The molecular formula is C19H20N2O3. The van der Waals surface area contributed by atoms with E-state index in [0.717, 1.165) is 5.69 Å². The van der Waals surface area contributed by atoms with Crippen LogP contribution in [0, 0.1) is 0 Å². The van der Waals surface area contributed by atoms with Crippen LogP contribution in [0.25, 0.3) is 0 Å². The number of rotatable bonds is 7. The predicted molar refractivity (Wildman–Crippen MR) is 94.6 cm³/mol. The van der Waals surface area contributed by atoms with E-state index in [2.05, 4.69) is 10.6 Å². The van der Waals surface area contributed by atoms with Crippen molar-refractivity contribution in [2.45, 2.75) is 20.3 Å². The van der Waals surface area contributed by atoms with E-state index in [1.807, 2.05) is 6.07 Å². The Morgan fingerprint density at radius 3 is 1.96 bits per heavy atom. The fraction of sp³-hybridized carbons (Fsp3) is 0.211. The van der Waals surface area contributed by atoms with Crippen molar-refractivity contribution in [3.63, 3.8) is 0 Å². The van der Waals surface area contributed by atoms with Gasteiger partial charge in [0.15, 0.2) is 11.6 Å². The summed E-state index contributed by atoms with van der Waals surface area (Å²) in [4.78, 5) is 34.7. The summed E-state index contributed by atoms with van der Waals surface area (Å²) in [5.41, 5.74) is 2.60. The molecule has 0 spiro atoms. The van der Waals surface area contributed by atoms with Crippen LogP contribution in [0.5, 0.6) is 0 Å². The fourth-order valence-electron chi connectivity index (χ4n) is 2.21. The van der Waals surface area contributed by atoms with Gasteiger partial charge in [0.05, 0.1) is 0 Å². The standard InChI is InChI=1S/C19H20N2O3/c1-13(22)15-5-3-7-17(11-15)20-10-9-19(24)21-18-8-4-6-16(12-18)14(2)23/h3-8,11-12,20H,9-10H2,1-2H3,(H,21,24). The third-order valence-corrected chi connectivity index (χ3v) is 3.50. The second kappa shape index (κ2) is 8.06. The van der Waals surface area contributed by atoms with E-state index in [0.29, 0.717) is 23.4 Å². The number of anilines is 2. The van der Waals surface area contributed by atoms with Crippen molar-refractivity contribution >= 4 is 28.8 Å². The molecule has 0 saturated carbocycles. The van der Waals surface area contributed by atoms with Gasteiger partial charge in [-0.3, -0.25) is 14.4 Å². The highest BCUT2D eigenvalue weighted by molar-refractivity contribution is 5.97. The Bertz CT molecular complexity index is 769. The number of ketones is 2. The number of Topliss-reactive ketones (excluding diaryl/α,β-unsaturated/α-hetero) is 2. The highest BCUT2D eigenvalue weighted by Gasteiger charge is 2.05. The molecule has 0 aromatic heterocycles. The second-order valence-electron chi connectivity index (χ2n) is 5.50. The third-order valence-electron chi connectivity index (χ3n) is 3.50. The topological polar surface area (TPSA) is 75.3 Å². The molecule has 5 nitrogen and oxygen atoms in total. The summed E-state index contributed by atoms with van der Waals surface area (Å²) in [6, 6.07) is 14.0. The zero-order valence-corrected chi connectivity index (χ0v) is 13.8. The van der Waals surface area contributed by atoms with Gasteiger partial charge in [-0.15, -0.1) is 0 Å². The van der Waals surface area contributed by atoms with Crippen molar-refractivity contribution in [3.05, 3.63) is 59.7 Å². The molecule has 0 bridgehead atoms. The van der Waals surface area contributed by atoms with E-state index in [1.165, 1.54) is 13.8 Å².